The molecule has 0 radical (unpaired) electrons. The Morgan fingerprint density at radius 1 is 1.11 bits per heavy atom. The molecule has 1 aromatic rings. The minimum absolute atomic E-state index is 0.0648. The van der Waals surface area contributed by atoms with Crippen LogP contribution in [0.4, 0.5) is 5.69 Å². The van der Waals surface area contributed by atoms with Crippen molar-refractivity contribution >= 4 is 17.6 Å². The number of nitrogens with one attached hydrogen (secondary N) is 1. The maximum Gasteiger partial charge on any atom is 0.338 e. The van der Waals surface area contributed by atoms with E-state index in [0.29, 0.717) is 11.3 Å². The Balaban J connectivity index is 2.72. The van der Waals surface area contributed by atoms with Gasteiger partial charge in [-0.25, -0.2) is 4.79 Å². The lowest BCUT2D eigenvalue weighted by Gasteiger charge is -2.17. The van der Waals surface area contributed by atoms with Gasteiger partial charge in [-0.3, -0.25) is 4.79 Å². The Morgan fingerprint density at radius 2 is 1.63 bits per heavy atom. The molecule has 1 aromatic carbocycles. The van der Waals surface area contributed by atoms with Crippen molar-refractivity contribution in [1.82, 2.24) is 0 Å². The second-order valence-corrected chi connectivity index (χ2v) is 5.74. The second kappa shape index (κ2) is 5.87. The Kier molecular flexibility index (Phi) is 4.70. The smallest absolute Gasteiger partial charge is 0.338 e. The van der Waals surface area contributed by atoms with Crippen molar-refractivity contribution in [2.75, 3.05) is 5.32 Å². The molecule has 0 aromatic heterocycles. The molecule has 0 spiro atoms. The van der Waals surface area contributed by atoms with Gasteiger partial charge in [-0.05, 0) is 38.1 Å². The molecular weight excluding hydrogens is 242 g/mol. The molecule has 104 valence electrons. The molecule has 4 nitrogen and oxygen atoms in total. The van der Waals surface area contributed by atoms with Crippen molar-refractivity contribution in [3.63, 3.8) is 0 Å². The highest BCUT2D eigenvalue weighted by Gasteiger charge is 2.21. The van der Waals surface area contributed by atoms with Crippen molar-refractivity contribution in [2.24, 2.45) is 5.41 Å². The molecule has 0 saturated heterocycles. The lowest BCUT2D eigenvalue weighted by molar-refractivity contribution is -0.123. The summed E-state index contributed by atoms with van der Waals surface area (Å²) in [4.78, 5) is 23.4. The van der Waals surface area contributed by atoms with Gasteiger partial charge >= 0.3 is 5.97 Å². The number of rotatable bonds is 3. The summed E-state index contributed by atoms with van der Waals surface area (Å²) in [7, 11) is 0. The SMILES string of the molecule is CC(C)OC(=O)c1ccc(NC(=O)C(C)(C)C)cc1. The summed E-state index contributed by atoms with van der Waals surface area (Å²) in [5, 5.41) is 2.80. The van der Waals surface area contributed by atoms with E-state index < -0.39 is 5.41 Å². The van der Waals surface area contributed by atoms with Crippen molar-refractivity contribution in [2.45, 2.75) is 40.7 Å². The molecule has 0 bridgehead atoms. The third-order valence-electron chi connectivity index (χ3n) is 2.40. The number of hydrogen-bond acceptors (Lipinski definition) is 3. The molecule has 4 heteroatoms. The van der Waals surface area contributed by atoms with Crippen molar-refractivity contribution < 1.29 is 14.3 Å². The second-order valence-electron chi connectivity index (χ2n) is 5.74. The van der Waals surface area contributed by atoms with Gasteiger partial charge in [0.1, 0.15) is 0 Å². The van der Waals surface area contributed by atoms with E-state index in [9.17, 15) is 9.59 Å². The van der Waals surface area contributed by atoms with E-state index in [-0.39, 0.29) is 18.0 Å². The number of esters is 1. The largest absolute Gasteiger partial charge is 0.459 e. The quantitative estimate of drug-likeness (QED) is 0.852. The first-order valence-corrected chi connectivity index (χ1v) is 6.32. The summed E-state index contributed by atoms with van der Waals surface area (Å²) in [5.74, 6) is -0.422. The molecule has 19 heavy (non-hydrogen) atoms. The van der Waals surface area contributed by atoms with Crippen LogP contribution >= 0.6 is 0 Å². The number of hydrogen-bond donors (Lipinski definition) is 1. The predicted molar refractivity (Wildman–Crippen MR) is 75.1 cm³/mol. The number of amides is 1. The maximum absolute atomic E-state index is 11.8. The third-order valence-corrected chi connectivity index (χ3v) is 2.40. The van der Waals surface area contributed by atoms with Crippen LogP contribution in [0, 0.1) is 5.41 Å². The summed E-state index contributed by atoms with van der Waals surface area (Å²) in [6.07, 6.45) is -0.146. The van der Waals surface area contributed by atoms with Crippen LogP contribution in [0.25, 0.3) is 0 Å². The number of ether oxygens (including phenoxy) is 1. The molecular formula is C15H21NO3. The van der Waals surface area contributed by atoms with E-state index in [4.69, 9.17) is 4.74 Å². The van der Waals surface area contributed by atoms with E-state index in [0.717, 1.165) is 0 Å². The lowest BCUT2D eigenvalue weighted by Crippen LogP contribution is -2.27. The van der Waals surface area contributed by atoms with Gasteiger partial charge in [0.25, 0.3) is 0 Å². The van der Waals surface area contributed by atoms with Gasteiger partial charge < -0.3 is 10.1 Å². The van der Waals surface area contributed by atoms with Crippen LogP contribution < -0.4 is 5.32 Å². The molecule has 0 aliphatic rings. The van der Waals surface area contributed by atoms with Crippen LogP contribution in [-0.2, 0) is 9.53 Å². The highest BCUT2D eigenvalue weighted by Crippen LogP contribution is 2.18. The highest BCUT2D eigenvalue weighted by molar-refractivity contribution is 5.95. The number of anilines is 1. The molecule has 0 heterocycles. The van der Waals surface area contributed by atoms with Gasteiger partial charge in [-0.15, -0.1) is 0 Å². The Bertz CT molecular complexity index is 455. The predicted octanol–water partition coefficient (Wildman–Crippen LogP) is 3.24. The van der Waals surface area contributed by atoms with E-state index in [1.165, 1.54) is 0 Å². The third kappa shape index (κ3) is 4.73. The molecule has 1 rings (SSSR count). The fraction of sp³-hybridized carbons (Fsp3) is 0.467. The number of benzene rings is 1. The summed E-state index contributed by atoms with van der Waals surface area (Å²) < 4.78 is 5.09. The molecule has 0 fully saturated rings. The average molecular weight is 263 g/mol. The maximum atomic E-state index is 11.8. The minimum atomic E-state index is -0.449. The molecule has 0 saturated carbocycles. The van der Waals surface area contributed by atoms with Crippen LogP contribution in [0.15, 0.2) is 24.3 Å². The van der Waals surface area contributed by atoms with E-state index in [2.05, 4.69) is 5.32 Å². The fourth-order valence-corrected chi connectivity index (χ4v) is 1.29. The normalized spacial score (nSPS) is 11.3. The highest BCUT2D eigenvalue weighted by atomic mass is 16.5. The monoisotopic (exact) mass is 263 g/mol. The van der Waals surface area contributed by atoms with Gasteiger partial charge in [0.2, 0.25) is 5.91 Å². The van der Waals surface area contributed by atoms with Gasteiger partial charge in [-0.1, -0.05) is 20.8 Å². The molecule has 0 aliphatic heterocycles. The van der Waals surface area contributed by atoms with Gasteiger partial charge in [-0.2, -0.15) is 0 Å². The fourth-order valence-electron chi connectivity index (χ4n) is 1.29. The molecule has 1 amide bonds. The summed E-state index contributed by atoms with van der Waals surface area (Å²) in [6.45, 7) is 9.13. The zero-order valence-corrected chi connectivity index (χ0v) is 12.1. The minimum Gasteiger partial charge on any atom is -0.459 e. The number of carbonyl (C=O) groups excluding carboxylic acids is 2. The van der Waals surface area contributed by atoms with Crippen molar-refractivity contribution in [3.8, 4) is 0 Å². The molecule has 0 aliphatic carbocycles. The van der Waals surface area contributed by atoms with E-state index >= 15 is 0 Å². The summed E-state index contributed by atoms with van der Waals surface area (Å²) in [6, 6.07) is 6.67. The first-order valence-electron chi connectivity index (χ1n) is 6.32. The number of carbonyl (C=O) groups is 2. The van der Waals surface area contributed by atoms with Gasteiger partial charge in [0.05, 0.1) is 11.7 Å². The van der Waals surface area contributed by atoms with Crippen LogP contribution in [0.2, 0.25) is 0 Å². The Labute approximate surface area is 114 Å². The average Bonchev–Trinajstić information content (AvgIpc) is 2.27. The van der Waals surface area contributed by atoms with Crippen LogP contribution in [0.3, 0.4) is 0 Å². The van der Waals surface area contributed by atoms with Crippen LogP contribution in [0.5, 0.6) is 0 Å². The lowest BCUT2D eigenvalue weighted by atomic mass is 9.95. The van der Waals surface area contributed by atoms with Gasteiger partial charge in [0, 0.05) is 11.1 Å². The summed E-state index contributed by atoms with van der Waals surface area (Å²) >= 11 is 0. The van der Waals surface area contributed by atoms with Crippen molar-refractivity contribution in [1.29, 1.82) is 0 Å². The zero-order valence-electron chi connectivity index (χ0n) is 12.1. The molecule has 0 atom stereocenters. The zero-order chi connectivity index (χ0) is 14.6. The van der Waals surface area contributed by atoms with E-state index in [1.807, 2.05) is 20.8 Å². The van der Waals surface area contributed by atoms with Gasteiger partial charge in [0.15, 0.2) is 0 Å². The molecule has 1 N–H and O–H groups in total. The first-order chi connectivity index (χ1) is 8.70. The summed E-state index contributed by atoms with van der Waals surface area (Å²) in [5.41, 5.74) is 0.693. The topological polar surface area (TPSA) is 55.4 Å². The Hall–Kier alpha value is -1.84. The molecule has 0 unspecified atom stereocenters. The Morgan fingerprint density at radius 3 is 2.05 bits per heavy atom. The van der Waals surface area contributed by atoms with Crippen LogP contribution in [0.1, 0.15) is 45.0 Å². The first kappa shape index (κ1) is 15.2. The van der Waals surface area contributed by atoms with E-state index in [1.54, 1.807) is 38.1 Å². The van der Waals surface area contributed by atoms with Crippen molar-refractivity contribution in [3.05, 3.63) is 29.8 Å². The standard InChI is InChI=1S/C15H21NO3/c1-10(2)19-13(17)11-6-8-12(9-7-11)16-14(18)15(3,4)5/h6-10H,1-5H3,(H,16,18). The van der Waals surface area contributed by atoms with Crippen LogP contribution in [-0.4, -0.2) is 18.0 Å².